The topological polar surface area (TPSA) is 0 Å². The van der Waals surface area contributed by atoms with Gasteiger partial charge in [0.15, 0.2) is 0 Å². The fourth-order valence-corrected chi connectivity index (χ4v) is 1.38. The molecular weight excluding hydrogens is 127 g/mol. The highest BCUT2D eigenvalue weighted by molar-refractivity contribution is 4.73. The molecule has 0 saturated heterocycles. The second-order valence-electron chi connectivity index (χ2n) is 2.68. The highest BCUT2D eigenvalue weighted by Crippen LogP contribution is 2.29. The summed E-state index contributed by atoms with van der Waals surface area (Å²) < 4.78 is 12.4. The van der Waals surface area contributed by atoms with Crippen molar-refractivity contribution in [1.29, 1.82) is 0 Å². The number of hydrogen-bond acceptors (Lipinski definition) is 0. The number of halogens is 1. The van der Waals surface area contributed by atoms with Crippen LogP contribution < -0.4 is 0 Å². The van der Waals surface area contributed by atoms with Crippen LogP contribution in [0.4, 0.5) is 4.39 Å². The summed E-state index contributed by atoms with van der Waals surface area (Å²) in [6.07, 6.45) is 3.47. The molecule has 0 radical (unpaired) electrons. The van der Waals surface area contributed by atoms with Gasteiger partial charge in [-0.3, -0.25) is 0 Å². The SMILES string of the molecule is CC.CCC1CCC(F)C1. The first-order valence-corrected chi connectivity index (χ1v) is 4.47. The van der Waals surface area contributed by atoms with Gasteiger partial charge >= 0.3 is 0 Å². The van der Waals surface area contributed by atoms with Crippen LogP contribution in [0.5, 0.6) is 0 Å². The molecule has 1 fully saturated rings. The molecule has 1 heteroatoms. The van der Waals surface area contributed by atoms with Gasteiger partial charge in [-0.05, 0) is 25.2 Å². The van der Waals surface area contributed by atoms with E-state index < -0.39 is 6.17 Å². The minimum atomic E-state index is -0.472. The van der Waals surface area contributed by atoms with E-state index in [2.05, 4.69) is 6.92 Å². The van der Waals surface area contributed by atoms with Crippen LogP contribution >= 0.6 is 0 Å². The number of rotatable bonds is 1. The Bertz CT molecular complexity index is 71.1. The van der Waals surface area contributed by atoms with Crippen molar-refractivity contribution in [2.75, 3.05) is 0 Å². The van der Waals surface area contributed by atoms with Crippen LogP contribution in [-0.2, 0) is 0 Å². The Labute approximate surface area is 63.8 Å². The first-order valence-electron chi connectivity index (χ1n) is 4.47. The van der Waals surface area contributed by atoms with Crippen LogP contribution in [0.1, 0.15) is 46.5 Å². The lowest BCUT2D eigenvalue weighted by Gasteiger charge is -2.00. The lowest BCUT2D eigenvalue weighted by Crippen LogP contribution is -1.92. The van der Waals surface area contributed by atoms with E-state index in [4.69, 9.17) is 0 Å². The smallest absolute Gasteiger partial charge is 0.100 e. The van der Waals surface area contributed by atoms with Gasteiger partial charge in [0.2, 0.25) is 0 Å². The van der Waals surface area contributed by atoms with Crippen LogP contribution in [0.25, 0.3) is 0 Å². The third-order valence-corrected chi connectivity index (χ3v) is 2.05. The van der Waals surface area contributed by atoms with Crippen LogP contribution in [-0.4, -0.2) is 6.17 Å². The maximum atomic E-state index is 12.4. The van der Waals surface area contributed by atoms with Crippen molar-refractivity contribution in [3.63, 3.8) is 0 Å². The Morgan fingerprint density at radius 3 is 2.10 bits per heavy atom. The molecule has 0 aromatic heterocycles. The average molecular weight is 146 g/mol. The van der Waals surface area contributed by atoms with Crippen molar-refractivity contribution in [2.45, 2.75) is 52.6 Å². The summed E-state index contributed by atoms with van der Waals surface area (Å²) in [5.74, 6) is 0.699. The molecule has 1 saturated carbocycles. The van der Waals surface area contributed by atoms with Crippen molar-refractivity contribution in [1.82, 2.24) is 0 Å². The van der Waals surface area contributed by atoms with E-state index in [0.717, 1.165) is 19.3 Å². The quantitative estimate of drug-likeness (QED) is 0.530. The van der Waals surface area contributed by atoms with Crippen molar-refractivity contribution in [3.05, 3.63) is 0 Å². The molecule has 0 aliphatic heterocycles. The molecule has 2 atom stereocenters. The predicted molar refractivity (Wildman–Crippen MR) is 43.9 cm³/mol. The second kappa shape index (κ2) is 5.70. The van der Waals surface area contributed by atoms with Gasteiger partial charge in [0.1, 0.15) is 6.17 Å². The first kappa shape index (κ1) is 9.93. The molecule has 0 aromatic rings. The molecule has 0 nitrogen and oxygen atoms in total. The molecule has 0 aromatic carbocycles. The predicted octanol–water partition coefficient (Wildman–Crippen LogP) is 3.56. The fraction of sp³-hybridized carbons (Fsp3) is 1.00. The van der Waals surface area contributed by atoms with Gasteiger partial charge < -0.3 is 0 Å². The Balaban J connectivity index is 0.000000371. The summed E-state index contributed by atoms with van der Waals surface area (Å²) in [5, 5.41) is 0. The maximum absolute atomic E-state index is 12.4. The molecule has 0 N–H and O–H groups in total. The van der Waals surface area contributed by atoms with E-state index in [1.54, 1.807) is 0 Å². The Morgan fingerprint density at radius 2 is 1.90 bits per heavy atom. The molecule has 0 bridgehead atoms. The minimum Gasteiger partial charge on any atom is -0.247 e. The molecule has 1 aliphatic rings. The summed E-state index contributed by atoms with van der Waals surface area (Å²) in [5.41, 5.74) is 0. The van der Waals surface area contributed by atoms with Crippen molar-refractivity contribution in [3.8, 4) is 0 Å². The van der Waals surface area contributed by atoms with Gasteiger partial charge in [-0.15, -0.1) is 0 Å². The fourth-order valence-electron chi connectivity index (χ4n) is 1.38. The summed E-state index contributed by atoms with van der Waals surface area (Å²) in [7, 11) is 0. The highest BCUT2D eigenvalue weighted by atomic mass is 19.1. The van der Waals surface area contributed by atoms with Crippen LogP contribution in [0.2, 0.25) is 0 Å². The lowest BCUT2D eigenvalue weighted by atomic mass is 10.1. The Hall–Kier alpha value is -0.0700. The van der Waals surface area contributed by atoms with Gasteiger partial charge in [-0.1, -0.05) is 27.2 Å². The zero-order chi connectivity index (χ0) is 7.98. The molecule has 10 heavy (non-hydrogen) atoms. The molecule has 0 spiro atoms. The van der Waals surface area contributed by atoms with E-state index >= 15 is 0 Å². The van der Waals surface area contributed by atoms with Crippen LogP contribution in [0.15, 0.2) is 0 Å². The molecular formula is C9H19F. The summed E-state index contributed by atoms with van der Waals surface area (Å²) in [6.45, 7) is 6.14. The second-order valence-corrected chi connectivity index (χ2v) is 2.68. The number of hydrogen-bond donors (Lipinski definition) is 0. The minimum absolute atomic E-state index is 0.472. The third-order valence-electron chi connectivity index (χ3n) is 2.05. The largest absolute Gasteiger partial charge is 0.247 e. The molecule has 62 valence electrons. The standard InChI is InChI=1S/C7H13F.C2H6/c1-2-6-3-4-7(8)5-6;1-2/h6-7H,2-5H2,1H3;1-2H3. The Kier molecular flexibility index (Phi) is 5.66. The van der Waals surface area contributed by atoms with Crippen molar-refractivity contribution >= 4 is 0 Å². The first-order chi connectivity index (χ1) is 4.83. The zero-order valence-electron chi connectivity index (χ0n) is 7.36. The maximum Gasteiger partial charge on any atom is 0.100 e. The van der Waals surface area contributed by atoms with Gasteiger partial charge in [0, 0.05) is 0 Å². The number of alkyl halides is 1. The highest BCUT2D eigenvalue weighted by Gasteiger charge is 2.21. The van der Waals surface area contributed by atoms with Crippen LogP contribution in [0.3, 0.4) is 0 Å². The molecule has 2 unspecified atom stereocenters. The zero-order valence-corrected chi connectivity index (χ0v) is 7.36. The molecule has 1 aliphatic carbocycles. The summed E-state index contributed by atoms with van der Waals surface area (Å²) in [4.78, 5) is 0. The van der Waals surface area contributed by atoms with Gasteiger partial charge in [-0.25, -0.2) is 4.39 Å². The monoisotopic (exact) mass is 146 g/mol. The average Bonchev–Trinajstić information content (AvgIpc) is 2.40. The van der Waals surface area contributed by atoms with E-state index in [-0.39, 0.29) is 0 Å². The van der Waals surface area contributed by atoms with Gasteiger partial charge in [-0.2, -0.15) is 0 Å². The Morgan fingerprint density at radius 1 is 1.30 bits per heavy atom. The van der Waals surface area contributed by atoms with E-state index in [1.807, 2.05) is 13.8 Å². The van der Waals surface area contributed by atoms with E-state index in [0.29, 0.717) is 5.92 Å². The summed E-state index contributed by atoms with van der Waals surface area (Å²) in [6, 6.07) is 0. The van der Waals surface area contributed by atoms with Crippen molar-refractivity contribution in [2.24, 2.45) is 5.92 Å². The normalized spacial score (nSPS) is 31.2. The third kappa shape index (κ3) is 3.19. The molecule has 1 rings (SSSR count). The van der Waals surface area contributed by atoms with Crippen LogP contribution in [0, 0.1) is 5.92 Å². The molecule has 0 amide bonds. The van der Waals surface area contributed by atoms with Gasteiger partial charge in [0.25, 0.3) is 0 Å². The summed E-state index contributed by atoms with van der Waals surface area (Å²) >= 11 is 0. The van der Waals surface area contributed by atoms with Gasteiger partial charge in [0.05, 0.1) is 0 Å². The van der Waals surface area contributed by atoms with E-state index in [9.17, 15) is 4.39 Å². The molecule has 0 heterocycles. The van der Waals surface area contributed by atoms with E-state index in [1.165, 1.54) is 6.42 Å². The van der Waals surface area contributed by atoms with Crippen molar-refractivity contribution < 1.29 is 4.39 Å². The lowest BCUT2D eigenvalue weighted by molar-refractivity contribution is 0.329.